The number of amides is 1. The van der Waals surface area contributed by atoms with Crippen LogP contribution < -0.4 is 24.0 Å². The molecule has 1 aromatic rings. The maximum Gasteiger partial charge on any atom is 0.427 e. The second-order valence-electron chi connectivity index (χ2n) is 4.44. The van der Waals surface area contributed by atoms with Gasteiger partial charge in [-0.15, -0.1) is 4.58 Å². The maximum absolute atomic E-state index is 12.3. The van der Waals surface area contributed by atoms with Crippen molar-refractivity contribution in [3.05, 3.63) is 46.9 Å². The van der Waals surface area contributed by atoms with E-state index in [-0.39, 0.29) is 29.9 Å². The van der Waals surface area contributed by atoms with Gasteiger partial charge in [-0.3, -0.25) is 0 Å². The summed E-state index contributed by atoms with van der Waals surface area (Å²) in [6, 6.07) is 10.3. The summed E-state index contributed by atoms with van der Waals surface area (Å²) in [6.45, 7) is 0.872. The van der Waals surface area contributed by atoms with Crippen LogP contribution in [0.4, 0.5) is 0 Å². The van der Waals surface area contributed by atoms with Gasteiger partial charge in [-0.25, -0.2) is 4.79 Å². The molecule has 0 spiro atoms. The van der Waals surface area contributed by atoms with Gasteiger partial charge in [-0.1, -0.05) is 59.0 Å². The van der Waals surface area contributed by atoms with E-state index in [0.29, 0.717) is 5.25 Å². The number of rotatable bonds is 3. The van der Waals surface area contributed by atoms with E-state index < -0.39 is 0 Å². The number of hydrogen-bond donors (Lipinski definition) is 0. The third kappa shape index (κ3) is 3.61. The molecule has 2 heterocycles. The average molecular weight is 529 g/mol. The molecule has 0 N–H and O–H groups in total. The third-order valence-electron chi connectivity index (χ3n) is 3.07. The lowest BCUT2D eigenvalue weighted by atomic mass is 10.1. The first-order valence-corrected chi connectivity index (χ1v) is 9.33. The van der Waals surface area contributed by atoms with Crippen LogP contribution in [0.15, 0.2) is 41.3 Å². The molecule has 2 nitrogen and oxygen atoms in total. The number of carbonyl (C=O) groups excluding carboxylic acids is 1. The van der Waals surface area contributed by atoms with Gasteiger partial charge in [-0.2, -0.15) is 0 Å². The average Bonchev–Trinajstić information content (AvgIpc) is 2.97. The van der Waals surface area contributed by atoms with Crippen molar-refractivity contribution in [2.45, 2.75) is 11.7 Å². The van der Waals surface area contributed by atoms with Crippen LogP contribution in [0.2, 0.25) is 0 Å². The highest BCUT2D eigenvalue weighted by atomic mass is 127. The Morgan fingerprint density at radius 2 is 2.10 bits per heavy atom. The van der Waals surface area contributed by atoms with Gasteiger partial charge >= 0.3 is 5.91 Å². The third-order valence-corrected chi connectivity index (χ3v) is 7.29. The minimum atomic E-state index is 0. The zero-order valence-corrected chi connectivity index (χ0v) is 16.5. The summed E-state index contributed by atoms with van der Waals surface area (Å²) in [7, 11) is 0. The molecule has 0 aromatic heterocycles. The van der Waals surface area contributed by atoms with Gasteiger partial charge < -0.3 is 24.0 Å². The Hall–Kier alpha value is 0.460. The number of benzene rings is 1. The fourth-order valence-electron chi connectivity index (χ4n) is 2.07. The molecule has 0 radical (unpaired) electrons. The summed E-state index contributed by atoms with van der Waals surface area (Å²) >= 11 is 5.88. The number of carbonyl (C=O) groups is 1. The topological polar surface area (TPSA) is 20.1 Å². The number of alkyl halides is 1. The maximum atomic E-state index is 12.3. The fourth-order valence-corrected chi connectivity index (χ4v) is 5.44. The van der Waals surface area contributed by atoms with E-state index in [4.69, 9.17) is 0 Å². The van der Waals surface area contributed by atoms with Gasteiger partial charge in [0.2, 0.25) is 0 Å². The minimum absolute atomic E-state index is 0. The Morgan fingerprint density at radius 1 is 1.35 bits per heavy atom. The molecule has 106 valence electrons. The van der Waals surface area contributed by atoms with Crippen molar-refractivity contribution in [3.63, 3.8) is 0 Å². The van der Waals surface area contributed by atoms with E-state index in [2.05, 4.69) is 40.8 Å². The standard InChI is InChI=1S/C14H13INOS2.HI/c15-8-11-9-16-13(17)12(19-14(16)18-11)7-6-10-4-2-1-3-5-10;/h1-5,7,11H,6,8-9H2;1H/q+1;/p-1. The Labute approximate surface area is 158 Å². The molecule has 1 atom stereocenters. The van der Waals surface area contributed by atoms with Crippen molar-refractivity contribution < 1.29 is 33.3 Å². The van der Waals surface area contributed by atoms with Gasteiger partial charge in [0.15, 0.2) is 6.54 Å². The summed E-state index contributed by atoms with van der Waals surface area (Å²) in [5.41, 5.74) is 1.25. The van der Waals surface area contributed by atoms with Crippen LogP contribution in [0.1, 0.15) is 5.56 Å². The smallest absolute Gasteiger partial charge is 0.427 e. The summed E-state index contributed by atoms with van der Waals surface area (Å²) in [5, 5.41) is 0.572. The van der Waals surface area contributed by atoms with E-state index in [1.165, 1.54) is 9.94 Å². The van der Waals surface area contributed by atoms with E-state index in [9.17, 15) is 4.79 Å². The SMILES string of the molecule is O=C1C(=CCc2ccccc2)SC2=[N+]1CC(CI)S2.[I-]. The van der Waals surface area contributed by atoms with Crippen LogP contribution >= 0.6 is 46.1 Å². The molecule has 2 aliphatic rings. The van der Waals surface area contributed by atoms with E-state index in [1.54, 1.807) is 11.8 Å². The Kier molecular flexibility index (Phi) is 6.43. The molecule has 0 bridgehead atoms. The lowest BCUT2D eigenvalue weighted by Crippen LogP contribution is -3.00. The highest BCUT2D eigenvalue weighted by Crippen LogP contribution is 2.39. The van der Waals surface area contributed by atoms with Crippen LogP contribution in [0.5, 0.6) is 0 Å². The number of thioether (sulfide) groups is 2. The molecule has 0 saturated heterocycles. The first-order chi connectivity index (χ1) is 9.28. The van der Waals surface area contributed by atoms with Crippen molar-refractivity contribution in [2.75, 3.05) is 11.0 Å². The van der Waals surface area contributed by atoms with Crippen molar-refractivity contribution in [1.29, 1.82) is 0 Å². The van der Waals surface area contributed by atoms with Crippen LogP contribution in [0, 0.1) is 0 Å². The minimum Gasteiger partial charge on any atom is -1.00 e. The molecule has 1 unspecified atom stereocenters. The number of allylic oxidation sites excluding steroid dienone is 1. The van der Waals surface area contributed by atoms with E-state index >= 15 is 0 Å². The summed E-state index contributed by atoms with van der Waals surface area (Å²) in [6.07, 6.45) is 2.89. The van der Waals surface area contributed by atoms with Crippen LogP contribution in [-0.4, -0.2) is 31.1 Å². The predicted molar refractivity (Wildman–Crippen MR) is 91.2 cm³/mol. The Bertz CT molecular complexity index is 572. The van der Waals surface area contributed by atoms with Gasteiger partial charge in [0, 0.05) is 4.43 Å². The molecular formula is C14H13I2NOS2. The summed E-state index contributed by atoms with van der Waals surface area (Å²) in [4.78, 5) is 13.2. The van der Waals surface area contributed by atoms with Gasteiger partial charge in [0.25, 0.3) is 4.38 Å². The molecule has 0 saturated carbocycles. The van der Waals surface area contributed by atoms with Gasteiger partial charge in [0.1, 0.15) is 4.91 Å². The molecule has 2 aliphatic heterocycles. The van der Waals surface area contributed by atoms with E-state index in [1.807, 2.05) is 34.5 Å². The predicted octanol–water partition coefficient (Wildman–Crippen LogP) is 0.309. The molecule has 0 aliphatic carbocycles. The number of halogens is 2. The molecule has 20 heavy (non-hydrogen) atoms. The van der Waals surface area contributed by atoms with Crippen LogP contribution in [0.25, 0.3) is 0 Å². The number of nitrogens with zero attached hydrogens (tertiary/aromatic N) is 1. The second-order valence-corrected chi connectivity index (χ2v) is 7.89. The monoisotopic (exact) mass is 529 g/mol. The first-order valence-electron chi connectivity index (χ1n) is 6.11. The van der Waals surface area contributed by atoms with Gasteiger partial charge in [0.05, 0.1) is 5.25 Å². The largest absolute Gasteiger partial charge is 1.00 e. The Morgan fingerprint density at radius 3 is 2.75 bits per heavy atom. The zero-order valence-electron chi connectivity index (χ0n) is 10.6. The highest BCUT2D eigenvalue weighted by Gasteiger charge is 2.45. The van der Waals surface area contributed by atoms with Crippen molar-refractivity contribution in [1.82, 2.24) is 0 Å². The molecular weight excluding hydrogens is 516 g/mol. The number of hydrogen-bond acceptors (Lipinski definition) is 3. The van der Waals surface area contributed by atoms with Crippen molar-refractivity contribution >= 4 is 56.4 Å². The van der Waals surface area contributed by atoms with E-state index in [0.717, 1.165) is 22.3 Å². The second kappa shape index (κ2) is 7.64. The quantitative estimate of drug-likeness (QED) is 0.244. The van der Waals surface area contributed by atoms with Gasteiger partial charge in [-0.05, 0) is 35.5 Å². The lowest BCUT2D eigenvalue weighted by Gasteiger charge is -2.00. The first kappa shape index (κ1) is 16.8. The molecule has 1 amide bonds. The fraction of sp³-hybridized carbons (Fsp3) is 0.286. The van der Waals surface area contributed by atoms with Crippen molar-refractivity contribution in [3.8, 4) is 0 Å². The zero-order chi connectivity index (χ0) is 13.2. The normalized spacial score (nSPS) is 23.1. The molecule has 0 fully saturated rings. The molecule has 3 rings (SSSR count). The summed E-state index contributed by atoms with van der Waals surface area (Å²) in [5.74, 6) is 0.191. The lowest BCUT2D eigenvalue weighted by molar-refractivity contribution is -0.433. The molecule has 1 aromatic carbocycles. The van der Waals surface area contributed by atoms with Crippen LogP contribution in [0.3, 0.4) is 0 Å². The highest BCUT2D eigenvalue weighted by molar-refractivity contribution is 14.1. The molecule has 6 heteroatoms. The summed E-state index contributed by atoms with van der Waals surface area (Å²) < 4.78 is 4.21. The van der Waals surface area contributed by atoms with Crippen LogP contribution in [-0.2, 0) is 11.2 Å². The Balaban J connectivity index is 0.00000147. The van der Waals surface area contributed by atoms with Crippen molar-refractivity contribution in [2.24, 2.45) is 0 Å².